The van der Waals surface area contributed by atoms with Crippen LogP contribution in [0.5, 0.6) is 5.75 Å². The van der Waals surface area contributed by atoms with Gasteiger partial charge in [0.1, 0.15) is 11.3 Å². The van der Waals surface area contributed by atoms with E-state index in [0.29, 0.717) is 27.5 Å². The van der Waals surface area contributed by atoms with E-state index in [1.165, 1.54) is 12.8 Å². The van der Waals surface area contributed by atoms with Gasteiger partial charge in [0.25, 0.3) is 0 Å². The van der Waals surface area contributed by atoms with Gasteiger partial charge < -0.3 is 14.1 Å². The molecule has 0 spiro atoms. The van der Waals surface area contributed by atoms with Crippen molar-refractivity contribution in [2.45, 2.75) is 26.7 Å². The van der Waals surface area contributed by atoms with Gasteiger partial charge in [0.05, 0.1) is 5.02 Å². The van der Waals surface area contributed by atoms with E-state index in [2.05, 4.69) is 4.90 Å². The highest BCUT2D eigenvalue weighted by atomic mass is 35.5. The molecule has 0 radical (unpaired) electrons. The Kier molecular flexibility index (Phi) is 5.33. The fourth-order valence-corrected chi connectivity index (χ4v) is 3.83. The lowest BCUT2D eigenvalue weighted by Gasteiger charge is -2.17. The minimum absolute atomic E-state index is 0.143. The molecule has 2 heterocycles. The maximum absolute atomic E-state index is 12.5. The summed E-state index contributed by atoms with van der Waals surface area (Å²) in [7, 11) is 0. The lowest BCUT2D eigenvalue weighted by molar-refractivity contribution is 0.0921. The Morgan fingerprint density at radius 2 is 1.79 bits per heavy atom. The first-order valence-electron chi connectivity index (χ1n) is 9.68. The molecule has 0 N–H and O–H groups in total. The molecule has 6 heteroatoms. The Bertz CT molecular complexity index is 1130. The Morgan fingerprint density at radius 3 is 2.48 bits per heavy atom. The van der Waals surface area contributed by atoms with Gasteiger partial charge in [-0.15, -0.1) is 0 Å². The zero-order chi connectivity index (χ0) is 20.5. The van der Waals surface area contributed by atoms with Gasteiger partial charge >= 0.3 is 5.63 Å². The first-order valence-corrected chi connectivity index (χ1v) is 10.1. The van der Waals surface area contributed by atoms with Crippen LogP contribution in [0.25, 0.3) is 11.0 Å². The summed E-state index contributed by atoms with van der Waals surface area (Å²) < 4.78 is 11.0. The van der Waals surface area contributed by atoms with Crippen LogP contribution in [0.2, 0.25) is 5.02 Å². The van der Waals surface area contributed by atoms with Crippen molar-refractivity contribution >= 4 is 34.0 Å². The molecule has 2 aromatic carbocycles. The summed E-state index contributed by atoms with van der Waals surface area (Å²) >= 11 is 6.33. The van der Waals surface area contributed by atoms with Crippen LogP contribution in [-0.4, -0.2) is 25.5 Å². The van der Waals surface area contributed by atoms with Gasteiger partial charge in [-0.3, -0.25) is 4.79 Å². The lowest BCUT2D eigenvalue weighted by atomic mass is 10.1. The monoisotopic (exact) mass is 411 g/mol. The summed E-state index contributed by atoms with van der Waals surface area (Å²) in [4.78, 5) is 26.8. The fourth-order valence-electron chi connectivity index (χ4n) is 3.61. The summed E-state index contributed by atoms with van der Waals surface area (Å²) in [5.41, 5.74) is 3.09. The molecule has 0 bridgehead atoms. The molecule has 0 saturated carbocycles. The van der Waals surface area contributed by atoms with Gasteiger partial charge in [-0.1, -0.05) is 11.6 Å². The topological polar surface area (TPSA) is 59.8 Å². The van der Waals surface area contributed by atoms with Crippen LogP contribution in [0.3, 0.4) is 0 Å². The normalized spacial score (nSPS) is 13.8. The Hall–Kier alpha value is -2.79. The number of benzene rings is 2. The maximum Gasteiger partial charge on any atom is 0.339 e. The number of carbonyl (C=O) groups excluding carboxylic acids is 1. The van der Waals surface area contributed by atoms with Gasteiger partial charge in [0, 0.05) is 41.4 Å². The molecule has 29 heavy (non-hydrogen) atoms. The third-order valence-electron chi connectivity index (χ3n) is 5.53. The second-order valence-corrected chi connectivity index (χ2v) is 7.78. The standard InChI is InChI=1S/C23H22ClNO4/c1-14-15(2)23(27)29-21-12-22(19(24)11-18(14)21)28-13-20(26)16-5-7-17(8-6-16)25-9-3-4-10-25/h5-8,11-12H,3-4,9-10,13H2,1-2H3. The van der Waals surface area contributed by atoms with Gasteiger partial charge in [0.15, 0.2) is 12.4 Å². The number of hydrogen-bond acceptors (Lipinski definition) is 5. The average molecular weight is 412 g/mol. The minimum atomic E-state index is -0.391. The first-order chi connectivity index (χ1) is 13.9. The number of aryl methyl sites for hydroxylation is 1. The number of nitrogens with zero attached hydrogens (tertiary/aromatic N) is 1. The van der Waals surface area contributed by atoms with Crippen molar-refractivity contribution in [3.8, 4) is 5.75 Å². The van der Waals surface area contributed by atoms with E-state index in [-0.39, 0.29) is 12.4 Å². The molecule has 1 aromatic heterocycles. The molecular formula is C23H22ClNO4. The Labute approximate surface area is 173 Å². The lowest BCUT2D eigenvalue weighted by Crippen LogP contribution is -2.18. The van der Waals surface area contributed by atoms with Crippen LogP contribution in [0, 0.1) is 13.8 Å². The van der Waals surface area contributed by atoms with Crippen molar-refractivity contribution in [1.82, 2.24) is 0 Å². The van der Waals surface area contributed by atoms with Crippen molar-refractivity contribution < 1.29 is 13.9 Å². The molecule has 0 atom stereocenters. The van der Waals surface area contributed by atoms with Crippen LogP contribution in [0.4, 0.5) is 5.69 Å². The highest BCUT2D eigenvalue weighted by Crippen LogP contribution is 2.32. The van der Waals surface area contributed by atoms with Crippen molar-refractivity contribution in [3.05, 3.63) is 68.5 Å². The van der Waals surface area contributed by atoms with Crippen molar-refractivity contribution in [2.24, 2.45) is 0 Å². The number of rotatable bonds is 5. The van der Waals surface area contributed by atoms with Crippen LogP contribution >= 0.6 is 11.6 Å². The number of carbonyl (C=O) groups is 1. The van der Waals surface area contributed by atoms with E-state index in [1.807, 2.05) is 31.2 Å². The van der Waals surface area contributed by atoms with Crippen LogP contribution in [-0.2, 0) is 0 Å². The van der Waals surface area contributed by atoms with Crippen molar-refractivity contribution in [1.29, 1.82) is 0 Å². The molecule has 5 nitrogen and oxygen atoms in total. The number of halogens is 1. The maximum atomic E-state index is 12.5. The predicted octanol–water partition coefficient (Wildman–Crippen LogP) is 4.93. The van der Waals surface area contributed by atoms with E-state index < -0.39 is 5.63 Å². The molecule has 0 unspecified atom stereocenters. The number of Topliss-reactive ketones (excluding diaryl/α,β-unsaturated/α-hetero) is 1. The van der Waals surface area contributed by atoms with E-state index in [4.69, 9.17) is 20.8 Å². The molecule has 1 fully saturated rings. The highest BCUT2D eigenvalue weighted by Gasteiger charge is 2.15. The highest BCUT2D eigenvalue weighted by molar-refractivity contribution is 6.32. The van der Waals surface area contributed by atoms with Crippen LogP contribution in [0.1, 0.15) is 34.3 Å². The van der Waals surface area contributed by atoms with Gasteiger partial charge in [0.2, 0.25) is 0 Å². The largest absolute Gasteiger partial charge is 0.484 e. The number of ketones is 1. The zero-order valence-electron chi connectivity index (χ0n) is 16.5. The van der Waals surface area contributed by atoms with E-state index in [1.54, 1.807) is 19.1 Å². The van der Waals surface area contributed by atoms with Crippen LogP contribution in [0.15, 0.2) is 45.6 Å². The summed E-state index contributed by atoms with van der Waals surface area (Å²) in [6.45, 7) is 5.54. The smallest absolute Gasteiger partial charge is 0.339 e. The zero-order valence-corrected chi connectivity index (χ0v) is 17.2. The number of ether oxygens (including phenoxy) is 1. The molecule has 3 aromatic rings. The Balaban J connectivity index is 1.50. The second kappa shape index (κ2) is 7.91. The minimum Gasteiger partial charge on any atom is -0.484 e. The van der Waals surface area contributed by atoms with E-state index in [0.717, 1.165) is 29.7 Å². The third kappa shape index (κ3) is 3.87. The molecule has 1 saturated heterocycles. The molecule has 1 aliphatic rings. The first kappa shape index (κ1) is 19.5. The molecule has 1 aliphatic heterocycles. The average Bonchev–Trinajstić information content (AvgIpc) is 3.26. The summed E-state index contributed by atoms with van der Waals surface area (Å²) in [5, 5.41) is 1.12. The molecule has 150 valence electrons. The quantitative estimate of drug-likeness (QED) is 0.440. The number of fused-ring (bicyclic) bond motifs is 1. The SMILES string of the molecule is Cc1c(C)c2cc(Cl)c(OCC(=O)c3ccc(N4CCCC4)cc3)cc2oc1=O. The third-order valence-corrected chi connectivity index (χ3v) is 5.82. The predicted molar refractivity (Wildman–Crippen MR) is 115 cm³/mol. The van der Waals surface area contributed by atoms with Crippen molar-refractivity contribution in [3.63, 3.8) is 0 Å². The Morgan fingerprint density at radius 1 is 1.10 bits per heavy atom. The molecule has 0 aliphatic carbocycles. The molecule has 4 rings (SSSR count). The van der Waals surface area contributed by atoms with Crippen molar-refractivity contribution in [2.75, 3.05) is 24.6 Å². The summed E-state index contributed by atoms with van der Waals surface area (Å²) in [6.07, 6.45) is 2.42. The van der Waals surface area contributed by atoms with E-state index in [9.17, 15) is 9.59 Å². The second-order valence-electron chi connectivity index (χ2n) is 7.37. The van der Waals surface area contributed by atoms with Gasteiger partial charge in [-0.25, -0.2) is 4.79 Å². The molecular weight excluding hydrogens is 390 g/mol. The summed E-state index contributed by atoms with van der Waals surface area (Å²) in [5.74, 6) is 0.170. The summed E-state index contributed by atoms with van der Waals surface area (Å²) in [6, 6.07) is 10.9. The van der Waals surface area contributed by atoms with Gasteiger partial charge in [-0.2, -0.15) is 0 Å². The number of hydrogen-bond donors (Lipinski definition) is 0. The fraction of sp³-hybridized carbons (Fsp3) is 0.304. The molecule has 0 amide bonds. The van der Waals surface area contributed by atoms with Crippen LogP contribution < -0.4 is 15.3 Å². The number of anilines is 1. The van der Waals surface area contributed by atoms with E-state index >= 15 is 0 Å². The van der Waals surface area contributed by atoms with Gasteiger partial charge in [-0.05, 0) is 62.6 Å².